The molecule has 104 valence electrons. The van der Waals surface area contributed by atoms with Gasteiger partial charge in [0.25, 0.3) is 5.91 Å². The van der Waals surface area contributed by atoms with Gasteiger partial charge in [-0.25, -0.2) is 4.79 Å². The Bertz CT molecular complexity index is 439. The molecule has 5 nitrogen and oxygen atoms in total. The minimum absolute atomic E-state index is 0.0466. The van der Waals surface area contributed by atoms with E-state index >= 15 is 0 Å². The van der Waals surface area contributed by atoms with Crippen molar-refractivity contribution in [3.63, 3.8) is 0 Å². The fourth-order valence-electron chi connectivity index (χ4n) is 1.59. The van der Waals surface area contributed by atoms with E-state index in [4.69, 9.17) is 4.74 Å². The lowest BCUT2D eigenvalue weighted by Gasteiger charge is -2.19. The first-order chi connectivity index (χ1) is 8.99. The van der Waals surface area contributed by atoms with E-state index in [0.29, 0.717) is 11.3 Å². The third kappa shape index (κ3) is 3.98. The molecule has 0 radical (unpaired) electrons. The molecule has 0 aliphatic heterocycles. The van der Waals surface area contributed by atoms with Gasteiger partial charge in [-0.3, -0.25) is 4.79 Å². The molecule has 1 rings (SSSR count). The van der Waals surface area contributed by atoms with E-state index in [-0.39, 0.29) is 11.8 Å². The summed E-state index contributed by atoms with van der Waals surface area (Å²) < 4.78 is 9.69. The monoisotopic (exact) mass is 265 g/mol. The van der Waals surface area contributed by atoms with Crippen molar-refractivity contribution in [3.8, 4) is 5.75 Å². The summed E-state index contributed by atoms with van der Waals surface area (Å²) >= 11 is 0. The van der Waals surface area contributed by atoms with Gasteiger partial charge in [-0.2, -0.15) is 0 Å². The lowest BCUT2D eigenvalue weighted by molar-refractivity contribution is -0.144. The third-order valence-electron chi connectivity index (χ3n) is 2.76. The Kier molecular flexibility index (Phi) is 5.36. The Labute approximate surface area is 112 Å². The summed E-state index contributed by atoms with van der Waals surface area (Å²) in [6, 6.07) is 6.01. The van der Waals surface area contributed by atoms with Crippen LogP contribution >= 0.6 is 0 Å². The van der Waals surface area contributed by atoms with Crippen LogP contribution in [0.25, 0.3) is 0 Å². The molecule has 0 saturated carbocycles. The zero-order chi connectivity index (χ0) is 14.4. The topological polar surface area (TPSA) is 64.6 Å². The fraction of sp³-hybridized carbons (Fsp3) is 0.429. The first-order valence-electron chi connectivity index (χ1n) is 6.02. The maximum Gasteiger partial charge on any atom is 0.328 e. The minimum atomic E-state index is -0.653. The molecular formula is C14H19NO4. The van der Waals surface area contributed by atoms with Crippen LogP contribution in [0.1, 0.15) is 24.2 Å². The molecule has 0 saturated heterocycles. The highest BCUT2D eigenvalue weighted by atomic mass is 16.5. The van der Waals surface area contributed by atoms with E-state index in [2.05, 4.69) is 10.1 Å². The number of carbonyl (C=O) groups excluding carboxylic acids is 2. The maximum atomic E-state index is 12.0. The van der Waals surface area contributed by atoms with Crippen LogP contribution in [0.15, 0.2) is 24.3 Å². The molecule has 0 heterocycles. The second-order valence-electron chi connectivity index (χ2n) is 4.45. The van der Waals surface area contributed by atoms with Crippen molar-refractivity contribution < 1.29 is 19.1 Å². The minimum Gasteiger partial charge on any atom is -0.497 e. The molecule has 0 spiro atoms. The van der Waals surface area contributed by atoms with Crippen molar-refractivity contribution >= 4 is 11.9 Å². The normalized spacial score (nSPS) is 11.8. The first kappa shape index (κ1) is 15.0. The number of ether oxygens (including phenoxy) is 2. The third-order valence-corrected chi connectivity index (χ3v) is 2.76. The lowest BCUT2D eigenvalue weighted by Crippen LogP contribution is -2.45. The number of amides is 1. The quantitative estimate of drug-likeness (QED) is 0.822. The molecule has 19 heavy (non-hydrogen) atoms. The number of nitrogens with one attached hydrogen (secondary N) is 1. The summed E-state index contributed by atoms with van der Waals surface area (Å²) in [4.78, 5) is 23.6. The molecule has 1 aromatic carbocycles. The van der Waals surface area contributed by atoms with E-state index in [1.807, 2.05) is 13.8 Å². The lowest BCUT2D eigenvalue weighted by atomic mass is 10.0. The Balaban J connectivity index is 2.78. The molecule has 1 aromatic rings. The number of hydrogen-bond acceptors (Lipinski definition) is 4. The van der Waals surface area contributed by atoms with Crippen molar-refractivity contribution in [3.05, 3.63) is 29.8 Å². The number of benzene rings is 1. The summed E-state index contributed by atoms with van der Waals surface area (Å²) in [6.45, 7) is 3.69. The molecule has 0 fully saturated rings. The van der Waals surface area contributed by atoms with E-state index in [1.165, 1.54) is 7.11 Å². The van der Waals surface area contributed by atoms with Gasteiger partial charge >= 0.3 is 5.97 Å². The highest BCUT2D eigenvalue weighted by molar-refractivity contribution is 5.96. The van der Waals surface area contributed by atoms with Gasteiger partial charge in [0.2, 0.25) is 0 Å². The van der Waals surface area contributed by atoms with Gasteiger partial charge in [-0.05, 0) is 30.2 Å². The van der Waals surface area contributed by atoms with Gasteiger partial charge in [-0.1, -0.05) is 13.8 Å². The highest BCUT2D eigenvalue weighted by Gasteiger charge is 2.25. The molecule has 1 unspecified atom stereocenters. The summed E-state index contributed by atoms with van der Waals surface area (Å²) in [7, 11) is 2.86. The summed E-state index contributed by atoms with van der Waals surface area (Å²) in [6.07, 6.45) is 0. The standard InChI is InChI=1S/C14H19NO4/c1-9(2)12(14(17)19-4)15-13(16)10-5-7-11(18-3)8-6-10/h5-9,12H,1-4H3,(H,15,16). The average Bonchev–Trinajstić information content (AvgIpc) is 2.43. The Morgan fingerprint density at radius 2 is 1.68 bits per heavy atom. The van der Waals surface area contributed by atoms with E-state index in [1.54, 1.807) is 31.4 Å². The van der Waals surface area contributed by atoms with Crippen molar-refractivity contribution in [1.29, 1.82) is 0 Å². The fourth-order valence-corrected chi connectivity index (χ4v) is 1.59. The van der Waals surface area contributed by atoms with Crippen LogP contribution in [0, 0.1) is 5.92 Å². The van der Waals surface area contributed by atoms with Crippen LogP contribution in [0.5, 0.6) is 5.75 Å². The Morgan fingerprint density at radius 1 is 1.11 bits per heavy atom. The summed E-state index contributed by atoms with van der Waals surface area (Å²) in [5.41, 5.74) is 0.468. The number of hydrogen-bond donors (Lipinski definition) is 1. The maximum absolute atomic E-state index is 12.0. The molecule has 5 heteroatoms. The van der Waals surface area contributed by atoms with Gasteiger partial charge in [0.05, 0.1) is 14.2 Å². The zero-order valence-corrected chi connectivity index (χ0v) is 11.6. The smallest absolute Gasteiger partial charge is 0.328 e. The second-order valence-corrected chi connectivity index (χ2v) is 4.45. The number of rotatable bonds is 5. The van der Waals surface area contributed by atoms with Crippen LogP contribution in [-0.4, -0.2) is 32.1 Å². The largest absolute Gasteiger partial charge is 0.497 e. The molecule has 1 amide bonds. The van der Waals surface area contributed by atoms with Crippen LogP contribution in [0.3, 0.4) is 0 Å². The predicted octanol–water partition coefficient (Wildman–Crippen LogP) is 1.62. The SMILES string of the molecule is COC(=O)C(NC(=O)c1ccc(OC)cc1)C(C)C. The van der Waals surface area contributed by atoms with Crippen molar-refractivity contribution in [2.45, 2.75) is 19.9 Å². The van der Waals surface area contributed by atoms with Crippen molar-refractivity contribution in [1.82, 2.24) is 5.32 Å². The molecule has 0 bridgehead atoms. The van der Waals surface area contributed by atoms with Crippen molar-refractivity contribution in [2.24, 2.45) is 5.92 Å². The van der Waals surface area contributed by atoms with Gasteiger partial charge < -0.3 is 14.8 Å². The van der Waals surface area contributed by atoms with Gasteiger partial charge in [-0.15, -0.1) is 0 Å². The molecule has 1 atom stereocenters. The Hall–Kier alpha value is -2.04. The number of methoxy groups -OCH3 is 2. The van der Waals surface area contributed by atoms with E-state index in [0.717, 1.165) is 0 Å². The summed E-state index contributed by atoms with van der Waals surface area (Å²) in [5, 5.41) is 2.67. The van der Waals surface area contributed by atoms with Gasteiger partial charge in [0.1, 0.15) is 11.8 Å². The number of esters is 1. The van der Waals surface area contributed by atoms with Crippen LogP contribution in [0.2, 0.25) is 0 Å². The van der Waals surface area contributed by atoms with Gasteiger partial charge in [0.15, 0.2) is 0 Å². The van der Waals surface area contributed by atoms with E-state index in [9.17, 15) is 9.59 Å². The van der Waals surface area contributed by atoms with E-state index < -0.39 is 12.0 Å². The molecule has 0 aliphatic rings. The molecule has 0 aromatic heterocycles. The highest BCUT2D eigenvalue weighted by Crippen LogP contribution is 2.12. The van der Waals surface area contributed by atoms with Crippen LogP contribution in [-0.2, 0) is 9.53 Å². The summed E-state index contributed by atoms with van der Waals surface area (Å²) in [5.74, 6) is -0.136. The zero-order valence-electron chi connectivity index (χ0n) is 11.6. The second kappa shape index (κ2) is 6.78. The van der Waals surface area contributed by atoms with Gasteiger partial charge in [0, 0.05) is 5.56 Å². The number of carbonyl (C=O) groups is 2. The predicted molar refractivity (Wildman–Crippen MR) is 71.1 cm³/mol. The molecule has 0 aliphatic carbocycles. The first-order valence-corrected chi connectivity index (χ1v) is 6.02. The van der Waals surface area contributed by atoms with Crippen LogP contribution in [0.4, 0.5) is 0 Å². The Morgan fingerprint density at radius 3 is 2.11 bits per heavy atom. The van der Waals surface area contributed by atoms with Crippen molar-refractivity contribution in [2.75, 3.05) is 14.2 Å². The molecule has 1 N–H and O–H groups in total. The molecular weight excluding hydrogens is 246 g/mol. The average molecular weight is 265 g/mol. The van der Waals surface area contributed by atoms with Crippen LogP contribution < -0.4 is 10.1 Å².